The average Bonchev–Trinajstić information content (AvgIpc) is 3.19. The summed E-state index contributed by atoms with van der Waals surface area (Å²) in [6.07, 6.45) is 1.57. The summed E-state index contributed by atoms with van der Waals surface area (Å²) in [6, 6.07) is 22.6. The zero-order chi connectivity index (χ0) is 23.2. The highest BCUT2D eigenvalue weighted by Crippen LogP contribution is 2.29. The normalized spacial score (nSPS) is 11.5. The molecule has 0 N–H and O–H groups in total. The van der Waals surface area contributed by atoms with Crippen LogP contribution in [0.1, 0.15) is 5.56 Å². The largest absolute Gasteiger partial charge is 0.497 e. The molecule has 0 aliphatic carbocycles. The Balaban J connectivity index is 1.65. The minimum atomic E-state index is -0.179. The van der Waals surface area contributed by atoms with Crippen molar-refractivity contribution in [1.29, 1.82) is 0 Å². The monoisotopic (exact) mass is 467 g/mol. The van der Waals surface area contributed by atoms with Gasteiger partial charge >= 0.3 is 0 Å². The lowest BCUT2D eigenvalue weighted by Crippen LogP contribution is -2.21. The van der Waals surface area contributed by atoms with Gasteiger partial charge in [-0.05, 0) is 54.1 Å². The van der Waals surface area contributed by atoms with Crippen molar-refractivity contribution in [2.45, 2.75) is 6.54 Å². The third kappa shape index (κ3) is 3.29. The first-order valence-corrected chi connectivity index (χ1v) is 11.1. The Labute approximate surface area is 198 Å². The molecule has 34 heavy (non-hydrogen) atoms. The van der Waals surface area contributed by atoms with Crippen molar-refractivity contribution in [3.05, 3.63) is 100 Å². The van der Waals surface area contributed by atoms with E-state index in [1.807, 2.05) is 65.2 Å². The summed E-state index contributed by atoms with van der Waals surface area (Å²) in [5.41, 5.74) is 4.65. The number of aromatic nitrogens is 5. The second-order valence-electron chi connectivity index (χ2n) is 7.92. The molecule has 0 bridgehead atoms. The van der Waals surface area contributed by atoms with Crippen LogP contribution in [0, 0.1) is 0 Å². The summed E-state index contributed by atoms with van der Waals surface area (Å²) in [5, 5.41) is 1.08. The minimum Gasteiger partial charge on any atom is -0.497 e. The van der Waals surface area contributed by atoms with Crippen molar-refractivity contribution in [3.63, 3.8) is 0 Å². The summed E-state index contributed by atoms with van der Waals surface area (Å²) in [4.78, 5) is 28.1. The van der Waals surface area contributed by atoms with Gasteiger partial charge < -0.3 is 4.74 Å². The lowest BCUT2D eigenvalue weighted by Gasteiger charge is -2.09. The van der Waals surface area contributed by atoms with Gasteiger partial charge in [-0.2, -0.15) is 0 Å². The van der Waals surface area contributed by atoms with Gasteiger partial charge in [-0.25, -0.2) is 15.0 Å². The van der Waals surface area contributed by atoms with Gasteiger partial charge in [0, 0.05) is 10.7 Å². The maximum Gasteiger partial charge on any atom is 0.265 e. The Morgan fingerprint density at radius 2 is 1.59 bits per heavy atom. The van der Waals surface area contributed by atoms with Crippen LogP contribution in [-0.4, -0.2) is 31.2 Å². The number of hydrogen-bond acceptors (Lipinski definition) is 5. The molecule has 3 aromatic heterocycles. The summed E-state index contributed by atoms with van der Waals surface area (Å²) in [5.74, 6) is 0.735. The van der Waals surface area contributed by atoms with E-state index in [1.54, 1.807) is 30.1 Å². The third-order valence-corrected chi connectivity index (χ3v) is 6.08. The highest BCUT2D eigenvalue weighted by Gasteiger charge is 2.21. The molecule has 0 unspecified atom stereocenters. The smallest absolute Gasteiger partial charge is 0.265 e. The Morgan fingerprint density at radius 3 is 2.29 bits per heavy atom. The number of methoxy groups -OCH3 is 1. The Hall–Kier alpha value is -4.23. The van der Waals surface area contributed by atoms with E-state index in [-0.39, 0.29) is 5.56 Å². The number of benzene rings is 3. The van der Waals surface area contributed by atoms with Gasteiger partial charge in [0.1, 0.15) is 23.0 Å². The van der Waals surface area contributed by atoms with E-state index in [9.17, 15) is 4.79 Å². The molecular formula is C26H18ClN5O2. The van der Waals surface area contributed by atoms with Gasteiger partial charge in [-0.1, -0.05) is 35.9 Å². The van der Waals surface area contributed by atoms with Gasteiger partial charge in [-0.3, -0.25) is 13.9 Å². The predicted molar refractivity (Wildman–Crippen MR) is 133 cm³/mol. The number of fused-ring (bicyclic) bond motifs is 4. The SMILES string of the molecule is COc1ccc(-n2c3nc4ccccc4nc3c3c(=O)n(Cc4ccc(Cl)cc4)cnc32)cc1. The number of ether oxygens (including phenoxy) is 1. The molecule has 0 amide bonds. The molecule has 166 valence electrons. The molecular weight excluding hydrogens is 450 g/mol. The van der Waals surface area contributed by atoms with E-state index in [1.165, 1.54) is 0 Å². The number of rotatable bonds is 4. The molecule has 0 saturated carbocycles. The van der Waals surface area contributed by atoms with Crippen LogP contribution in [0.4, 0.5) is 0 Å². The lowest BCUT2D eigenvalue weighted by molar-refractivity contribution is 0.415. The fourth-order valence-electron chi connectivity index (χ4n) is 4.15. The van der Waals surface area contributed by atoms with Crippen LogP contribution in [0.2, 0.25) is 5.02 Å². The van der Waals surface area contributed by atoms with Gasteiger partial charge in [0.2, 0.25) is 0 Å². The van der Waals surface area contributed by atoms with E-state index in [4.69, 9.17) is 31.3 Å². The summed E-state index contributed by atoms with van der Waals surface area (Å²) in [7, 11) is 1.62. The molecule has 7 nitrogen and oxygen atoms in total. The zero-order valence-electron chi connectivity index (χ0n) is 18.1. The molecule has 3 aromatic carbocycles. The van der Waals surface area contributed by atoms with Crippen LogP contribution in [0.5, 0.6) is 5.75 Å². The van der Waals surface area contributed by atoms with Crippen molar-refractivity contribution in [2.75, 3.05) is 7.11 Å². The van der Waals surface area contributed by atoms with Crippen LogP contribution < -0.4 is 10.3 Å². The van der Waals surface area contributed by atoms with Gasteiger partial charge in [-0.15, -0.1) is 0 Å². The fourth-order valence-corrected chi connectivity index (χ4v) is 4.27. The Morgan fingerprint density at radius 1 is 0.882 bits per heavy atom. The number of nitrogens with zero attached hydrogens (tertiary/aromatic N) is 5. The van der Waals surface area contributed by atoms with Crippen LogP contribution in [-0.2, 0) is 6.54 Å². The Bertz CT molecular complexity index is 1740. The topological polar surface area (TPSA) is 74.8 Å². The molecule has 0 fully saturated rings. The first kappa shape index (κ1) is 20.4. The first-order valence-electron chi connectivity index (χ1n) is 10.7. The third-order valence-electron chi connectivity index (χ3n) is 5.83. The summed E-state index contributed by atoms with van der Waals surface area (Å²) < 4.78 is 8.76. The molecule has 6 rings (SSSR count). The number of hydrogen-bond donors (Lipinski definition) is 0. The van der Waals surface area contributed by atoms with E-state index in [0.29, 0.717) is 33.8 Å². The maximum atomic E-state index is 13.7. The lowest BCUT2D eigenvalue weighted by atomic mass is 10.2. The number of para-hydroxylation sites is 2. The second kappa shape index (κ2) is 7.97. The first-order chi connectivity index (χ1) is 16.6. The van der Waals surface area contributed by atoms with Crippen molar-refractivity contribution >= 4 is 44.8 Å². The van der Waals surface area contributed by atoms with Crippen LogP contribution in [0.15, 0.2) is 83.9 Å². The highest BCUT2D eigenvalue weighted by atomic mass is 35.5. The van der Waals surface area contributed by atoms with Gasteiger partial charge in [0.25, 0.3) is 5.56 Å². The van der Waals surface area contributed by atoms with E-state index in [2.05, 4.69) is 0 Å². The second-order valence-corrected chi connectivity index (χ2v) is 8.36. The minimum absolute atomic E-state index is 0.179. The van der Waals surface area contributed by atoms with Crippen molar-refractivity contribution in [2.24, 2.45) is 0 Å². The predicted octanol–water partition coefficient (Wildman–Crippen LogP) is 4.99. The maximum absolute atomic E-state index is 13.7. The van der Waals surface area contributed by atoms with Crippen molar-refractivity contribution in [3.8, 4) is 11.4 Å². The highest BCUT2D eigenvalue weighted by molar-refractivity contribution is 6.30. The molecule has 0 radical (unpaired) electrons. The van der Waals surface area contributed by atoms with Crippen LogP contribution in [0.25, 0.3) is 38.9 Å². The van der Waals surface area contributed by atoms with Crippen molar-refractivity contribution < 1.29 is 4.74 Å². The molecule has 0 saturated heterocycles. The van der Waals surface area contributed by atoms with Gasteiger partial charge in [0.05, 0.1) is 24.7 Å². The van der Waals surface area contributed by atoms with E-state index >= 15 is 0 Å². The van der Waals surface area contributed by atoms with Crippen LogP contribution in [0.3, 0.4) is 0 Å². The molecule has 0 spiro atoms. The van der Waals surface area contributed by atoms with Crippen molar-refractivity contribution in [1.82, 2.24) is 24.1 Å². The number of halogens is 1. The molecule has 0 atom stereocenters. The molecule has 0 aliphatic heterocycles. The van der Waals surface area contributed by atoms with E-state index in [0.717, 1.165) is 28.0 Å². The molecule has 0 aliphatic rings. The summed E-state index contributed by atoms with van der Waals surface area (Å²) >= 11 is 6.01. The zero-order valence-corrected chi connectivity index (χ0v) is 18.9. The molecule has 6 aromatic rings. The van der Waals surface area contributed by atoms with Crippen LogP contribution >= 0.6 is 11.6 Å². The Kier molecular flexibility index (Phi) is 4.78. The summed E-state index contributed by atoms with van der Waals surface area (Å²) in [6.45, 7) is 0.370. The fraction of sp³-hybridized carbons (Fsp3) is 0.0769. The van der Waals surface area contributed by atoms with Gasteiger partial charge in [0.15, 0.2) is 11.3 Å². The average molecular weight is 468 g/mol. The molecule has 3 heterocycles. The standard InChI is InChI=1S/C26H18ClN5O2/c1-34-19-12-10-18(11-13-19)32-24-22(23-25(32)30-21-5-3-2-4-20(21)29-23)26(33)31(15-28-24)14-16-6-8-17(27)9-7-16/h2-13,15H,14H2,1H3. The van der Waals surface area contributed by atoms with E-state index < -0.39 is 0 Å². The quantitative estimate of drug-likeness (QED) is 0.365. The molecule has 8 heteroatoms.